The molecule has 0 aromatic heterocycles. The minimum absolute atomic E-state index is 0.767. The summed E-state index contributed by atoms with van der Waals surface area (Å²) >= 11 is 0. The molecule has 2 aliphatic rings. The highest BCUT2D eigenvalue weighted by Crippen LogP contribution is 2.28. The van der Waals surface area contributed by atoms with Crippen molar-refractivity contribution >= 4 is 5.96 Å². The lowest BCUT2D eigenvalue weighted by atomic mass is 10.1. The minimum atomic E-state index is 0.767. The van der Waals surface area contributed by atoms with E-state index in [2.05, 4.69) is 20.5 Å². The van der Waals surface area contributed by atoms with Crippen molar-refractivity contribution < 1.29 is 4.74 Å². The van der Waals surface area contributed by atoms with Gasteiger partial charge in [-0.25, -0.2) is 0 Å². The molecule has 1 saturated carbocycles. The molecule has 116 valence electrons. The normalized spacial score (nSPS) is 20.9. The SMILES string of the molecule is CN=C(NCCOCC1CC1)NCCN1CCCCC1. The number of aliphatic imine (C=N–C) groups is 1. The molecular formula is C15H30N4O. The summed E-state index contributed by atoms with van der Waals surface area (Å²) < 4.78 is 5.60. The average molecular weight is 282 g/mol. The van der Waals surface area contributed by atoms with E-state index >= 15 is 0 Å². The number of nitrogens with zero attached hydrogens (tertiary/aromatic N) is 2. The van der Waals surface area contributed by atoms with Gasteiger partial charge in [0, 0.05) is 33.3 Å². The van der Waals surface area contributed by atoms with Crippen LogP contribution in [0.4, 0.5) is 0 Å². The van der Waals surface area contributed by atoms with Gasteiger partial charge >= 0.3 is 0 Å². The summed E-state index contributed by atoms with van der Waals surface area (Å²) in [5, 5.41) is 6.67. The molecule has 5 heteroatoms. The van der Waals surface area contributed by atoms with Crippen LogP contribution in [0.25, 0.3) is 0 Å². The number of piperidine rings is 1. The molecule has 20 heavy (non-hydrogen) atoms. The summed E-state index contributed by atoms with van der Waals surface area (Å²) in [5.41, 5.74) is 0. The summed E-state index contributed by atoms with van der Waals surface area (Å²) in [4.78, 5) is 6.77. The fourth-order valence-electron chi connectivity index (χ4n) is 2.51. The first kappa shape index (κ1) is 15.6. The second kappa shape index (κ2) is 9.19. The van der Waals surface area contributed by atoms with Crippen LogP contribution in [0.3, 0.4) is 0 Å². The fourth-order valence-corrected chi connectivity index (χ4v) is 2.51. The van der Waals surface area contributed by atoms with Crippen molar-refractivity contribution in [2.45, 2.75) is 32.1 Å². The van der Waals surface area contributed by atoms with Crippen LogP contribution in [-0.4, -0.2) is 63.8 Å². The molecule has 2 rings (SSSR count). The van der Waals surface area contributed by atoms with E-state index in [1.165, 1.54) is 45.2 Å². The van der Waals surface area contributed by atoms with Gasteiger partial charge in [0.05, 0.1) is 6.61 Å². The second-order valence-electron chi connectivity index (χ2n) is 5.85. The van der Waals surface area contributed by atoms with Gasteiger partial charge in [-0.1, -0.05) is 6.42 Å². The number of hydrogen-bond acceptors (Lipinski definition) is 3. The van der Waals surface area contributed by atoms with Crippen molar-refractivity contribution in [3.05, 3.63) is 0 Å². The van der Waals surface area contributed by atoms with Crippen LogP contribution in [0.1, 0.15) is 32.1 Å². The molecule has 0 bridgehead atoms. The van der Waals surface area contributed by atoms with E-state index in [1.807, 2.05) is 7.05 Å². The predicted molar refractivity (Wildman–Crippen MR) is 83.2 cm³/mol. The Kier molecular flexibility index (Phi) is 7.15. The van der Waals surface area contributed by atoms with Crippen molar-refractivity contribution in [3.63, 3.8) is 0 Å². The Hall–Kier alpha value is -0.810. The van der Waals surface area contributed by atoms with E-state index in [4.69, 9.17) is 4.74 Å². The Morgan fingerprint density at radius 1 is 1.15 bits per heavy atom. The van der Waals surface area contributed by atoms with E-state index in [0.717, 1.165) is 44.7 Å². The van der Waals surface area contributed by atoms with Crippen LogP contribution in [0, 0.1) is 5.92 Å². The monoisotopic (exact) mass is 282 g/mol. The molecule has 2 N–H and O–H groups in total. The van der Waals surface area contributed by atoms with Gasteiger partial charge in [0.2, 0.25) is 0 Å². The first-order valence-corrected chi connectivity index (χ1v) is 8.13. The zero-order valence-electron chi connectivity index (χ0n) is 12.9. The van der Waals surface area contributed by atoms with E-state index in [9.17, 15) is 0 Å². The first-order chi connectivity index (χ1) is 9.88. The van der Waals surface area contributed by atoms with Crippen molar-refractivity contribution in [2.75, 3.05) is 53.0 Å². The Bertz CT molecular complexity index is 286. The van der Waals surface area contributed by atoms with Gasteiger partial charge in [-0.2, -0.15) is 0 Å². The predicted octanol–water partition coefficient (Wildman–Crippen LogP) is 1.06. The molecule has 1 saturated heterocycles. The third-order valence-electron chi connectivity index (χ3n) is 3.98. The van der Waals surface area contributed by atoms with Gasteiger partial charge < -0.3 is 20.3 Å². The summed E-state index contributed by atoms with van der Waals surface area (Å²) in [6.45, 7) is 7.11. The smallest absolute Gasteiger partial charge is 0.191 e. The zero-order chi connectivity index (χ0) is 14.0. The fraction of sp³-hybridized carbons (Fsp3) is 0.933. The van der Waals surface area contributed by atoms with Gasteiger partial charge in [0.25, 0.3) is 0 Å². The van der Waals surface area contributed by atoms with E-state index in [0.29, 0.717) is 0 Å². The maximum Gasteiger partial charge on any atom is 0.191 e. The summed E-state index contributed by atoms with van der Waals surface area (Å²) in [7, 11) is 1.82. The highest BCUT2D eigenvalue weighted by Gasteiger charge is 2.20. The summed E-state index contributed by atoms with van der Waals surface area (Å²) in [6, 6.07) is 0. The third kappa shape index (κ3) is 6.57. The minimum Gasteiger partial charge on any atom is -0.379 e. The standard InChI is InChI=1S/C15H30N4O/c1-16-15(18-8-12-20-13-14-5-6-14)17-7-11-19-9-3-2-4-10-19/h14H,2-13H2,1H3,(H2,16,17,18). The summed E-state index contributed by atoms with van der Waals surface area (Å²) in [6.07, 6.45) is 6.81. The molecule has 0 radical (unpaired) electrons. The number of nitrogens with one attached hydrogen (secondary N) is 2. The molecule has 5 nitrogen and oxygen atoms in total. The van der Waals surface area contributed by atoms with Crippen molar-refractivity contribution in [2.24, 2.45) is 10.9 Å². The molecule has 1 aliphatic heterocycles. The van der Waals surface area contributed by atoms with Crippen molar-refractivity contribution in [1.29, 1.82) is 0 Å². The highest BCUT2D eigenvalue weighted by molar-refractivity contribution is 5.79. The van der Waals surface area contributed by atoms with Crippen LogP contribution in [0.5, 0.6) is 0 Å². The molecule has 0 unspecified atom stereocenters. The van der Waals surface area contributed by atoms with E-state index < -0.39 is 0 Å². The quantitative estimate of drug-likeness (QED) is 0.397. The lowest BCUT2D eigenvalue weighted by molar-refractivity contribution is 0.129. The zero-order valence-corrected chi connectivity index (χ0v) is 12.9. The maximum absolute atomic E-state index is 5.60. The van der Waals surface area contributed by atoms with Gasteiger partial charge in [0.15, 0.2) is 5.96 Å². The van der Waals surface area contributed by atoms with Gasteiger partial charge in [-0.05, 0) is 44.7 Å². The van der Waals surface area contributed by atoms with Gasteiger partial charge in [0.1, 0.15) is 0 Å². The second-order valence-corrected chi connectivity index (χ2v) is 5.85. The number of guanidine groups is 1. The molecule has 0 amide bonds. The van der Waals surface area contributed by atoms with Crippen LogP contribution in [0.2, 0.25) is 0 Å². The number of rotatable bonds is 8. The number of hydrogen-bond donors (Lipinski definition) is 2. The Balaban J connectivity index is 1.46. The van der Waals surface area contributed by atoms with Gasteiger partial charge in [-0.15, -0.1) is 0 Å². The first-order valence-electron chi connectivity index (χ1n) is 8.13. The Morgan fingerprint density at radius 3 is 2.60 bits per heavy atom. The molecular weight excluding hydrogens is 252 g/mol. The van der Waals surface area contributed by atoms with Gasteiger partial charge in [-0.3, -0.25) is 4.99 Å². The van der Waals surface area contributed by atoms with E-state index in [1.54, 1.807) is 0 Å². The molecule has 1 aliphatic carbocycles. The Morgan fingerprint density at radius 2 is 1.90 bits per heavy atom. The molecule has 0 spiro atoms. The van der Waals surface area contributed by atoms with Crippen molar-refractivity contribution in [3.8, 4) is 0 Å². The molecule has 2 fully saturated rings. The lowest BCUT2D eigenvalue weighted by Crippen LogP contribution is -2.43. The lowest BCUT2D eigenvalue weighted by Gasteiger charge is -2.26. The van der Waals surface area contributed by atoms with Crippen molar-refractivity contribution in [1.82, 2.24) is 15.5 Å². The third-order valence-corrected chi connectivity index (χ3v) is 3.98. The number of ether oxygens (including phenoxy) is 1. The van der Waals surface area contributed by atoms with E-state index in [-0.39, 0.29) is 0 Å². The Labute approximate surface area is 123 Å². The molecule has 0 atom stereocenters. The molecule has 0 aromatic rings. The van der Waals surface area contributed by atoms with Crippen LogP contribution >= 0.6 is 0 Å². The van der Waals surface area contributed by atoms with Crippen LogP contribution < -0.4 is 10.6 Å². The maximum atomic E-state index is 5.60. The molecule has 0 aromatic carbocycles. The summed E-state index contributed by atoms with van der Waals surface area (Å²) in [5.74, 6) is 1.73. The topological polar surface area (TPSA) is 48.9 Å². The average Bonchev–Trinajstić information content (AvgIpc) is 3.30. The largest absolute Gasteiger partial charge is 0.379 e. The number of likely N-dealkylation sites (tertiary alicyclic amines) is 1. The van der Waals surface area contributed by atoms with Crippen LogP contribution in [-0.2, 0) is 4.74 Å². The molecule has 1 heterocycles. The van der Waals surface area contributed by atoms with Crippen LogP contribution in [0.15, 0.2) is 4.99 Å². The highest BCUT2D eigenvalue weighted by atomic mass is 16.5.